The minimum absolute atomic E-state index is 0.0698. The van der Waals surface area contributed by atoms with Crippen molar-refractivity contribution in [3.8, 4) is 0 Å². The highest BCUT2D eigenvalue weighted by molar-refractivity contribution is 5.95. The van der Waals surface area contributed by atoms with Crippen LogP contribution in [0.2, 0.25) is 0 Å². The summed E-state index contributed by atoms with van der Waals surface area (Å²) in [6, 6.07) is 7.49. The Hall–Kier alpha value is -2.62. The summed E-state index contributed by atoms with van der Waals surface area (Å²) in [5.41, 5.74) is 1.54. The molecule has 2 unspecified atom stereocenters. The van der Waals surface area contributed by atoms with Crippen LogP contribution in [0.25, 0.3) is 6.08 Å². The van der Waals surface area contributed by atoms with Gasteiger partial charge in [0, 0.05) is 24.1 Å². The fraction of sp³-hybridized carbons (Fsp3) is 0.333. The summed E-state index contributed by atoms with van der Waals surface area (Å²) in [4.78, 5) is 26.2. The number of carbonyl (C=O) groups is 2. The van der Waals surface area contributed by atoms with Crippen LogP contribution in [0.15, 0.2) is 54.6 Å². The van der Waals surface area contributed by atoms with Gasteiger partial charge in [-0.05, 0) is 36.6 Å². The van der Waals surface area contributed by atoms with E-state index in [1.54, 1.807) is 6.08 Å². The number of ether oxygens (including phenoxy) is 1. The molecule has 0 N–H and O–H groups in total. The van der Waals surface area contributed by atoms with Gasteiger partial charge in [0.05, 0.1) is 13.2 Å². The van der Waals surface area contributed by atoms with Gasteiger partial charge in [-0.25, -0.2) is 4.79 Å². The van der Waals surface area contributed by atoms with E-state index in [2.05, 4.69) is 23.0 Å². The maximum absolute atomic E-state index is 13.0. The smallest absolute Gasteiger partial charge is 0.330 e. The van der Waals surface area contributed by atoms with Gasteiger partial charge in [0.25, 0.3) is 5.91 Å². The molecule has 0 radical (unpaired) electrons. The standard InChI is InChI=1S/C21H23NO3/c1-25-20(23)14-11-16-9-12-18(13-10-16)21(24)22-15-5-4-7-17-6-2-3-8-19(17)22/h2-3,6,8-14,17,19H,4-5,7,15H2,1H3/b14-11+. The van der Waals surface area contributed by atoms with Crippen molar-refractivity contribution in [3.63, 3.8) is 0 Å². The lowest BCUT2D eigenvalue weighted by molar-refractivity contribution is -0.134. The Morgan fingerprint density at radius 1 is 1.12 bits per heavy atom. The van der Waals surface area contributed by atoms with Crippen molar-refractivity contribution >= 4 is 18.0 Å². The van der Waals surface area contributed by atoms with Crippen molar-refractivity contribution in [2.45, 2.75) is 25.3 Å². The molecule has 2 atom stereocenters. The molecule has 4 nitrogen and oxygen atoms in total. The molecule has 1 aromatic rings. The number of hydrogen-bond donors (Lipinski definition) is 0. The summed E-state index contributed by atoms with van der Waals surface area (Å²) in [7, 11) is 1.35. The fourth-order valence-electron chi connectivity index (χ4n) is 3.43. The topological polar surface area (TPSA) is 46.6 Å². The zero-order valence-corrected chi connectivity index (χ0v) is 14.4. The van der Waals surface area contributed by atoms with E-state index < -0.39 is 5.97 Å². The summed E-state index contributed by atoms with van der Waals surface area (Å²) >= 11 is 0. The summed E-state index contributed by atoms with van der Waals surface area (Å²) in [6.07, 6.45) is 14.8. The van der Waals surface area contributed by atoms with E-state index >= 15 is 0 Å². The van der Waals surface area contributed by atoms with Crippen LogP contribution in [-0.4, -0.2) is 36.5 Å². The third-order valence-corrected chi connectivity index (χ3v) is 4.79. The Bertz CT molecular complexity index is 715. The first-order valence-corrected chi connectivity index (χ1v) is 8.71. The first-order valence-electron chi connectivity index (χ1n) is 8.71. The van der Waals surface area contributed by atoms with Gasteiger partial charge in [-0.3, -0.25) is 4.79 Å². The predicted molar refractivity (Wildman–Crippen MR) is 97.9 cm³/mol. The Morgan fingerprint density at radius 2 is 1.88 bits per heavy atom. The third-order valence-electron chi connectivity index (χ3n) is 4.79. The van der Waals surface area contributed by atoms with Crippen molar-refractivity contribution in [2.75, 3.05) is 13.7 Å². The molecule has 1 amide bonds. The Labute approximate surface area is 148 Å². The number of rotatable bonds is 3. The second kappa shape index (κ2) is 7.97. The zero-order valence-electron chi connectivity index (χ0n) is 14.4. The molecule has 2 aliphatic rings. The Balaban J connectivity index is 1.75. The van der Waals surface area contributed by atoms with E-state index in [1.165, 1.54) is 13.2 Å². The first kappa shape index (κ1) is 17.2. The van der Waals surface area contributed by atoms with Gasteiger partial charge < -0.3 is 9.64 Å². The number of amides is 1. The Morgan fingerprint density at radius 3 is 2.64 bits per heavy atom. The minimum atomic E-state index is -0.395. The van der Waals surface area contributed by atoms with E-state index in [9.17, 15) is 9.59 Å². The highest BCUT2D eigenvalue weighted by atomic mass is 16.5. The van der Waals surface area contributed by atoms with Crippen LogP contribution in [0, 0.1) is 5.92 Å². The number of methoxy groups -OCH3 is 1. The molecule has 0 bridgehead atoms. The number of fused-ring (bicyclic) bond motifs is 1. The van der Waals surface area contributed by atoms with Gasteiger partial charge in [0.1, 0.15) is 0 Å². The number of benzene rings is 1. The molecule has 0 saturated carbocycles. The number of hydrogen-bond acceptors (Lipinski definition) is 3. The second-order valence-corrected chi connectivity index (χ2v) is 6.40. The van der Waals surface area contributed by atoms with E-state index in [-0.39, 0.29) is 11.9 Å². The quantitative estimate of drug-likeness (QED) is 0.625. The second-order valence-electron chi connectivity index (χ2n) is 6.40. The van der Waals surface area contributed by atoms with E-state index in [4.69, 9.17) is 0 Å². The van der Waals surface area contributed by atoms with Crippen LogP contribution >= 0.6 is 0 Å². The summed E-state index contributed by atoms with van der Waals surface area (Å²) in [5.74, 6) is 0.0898. The van der Waals surface area contributed by atoms with E-state index in [0.29, 0.717) is 11.5 Å². The van der Waals surface area contributed by atoms with Gasteiger partial charge in [-0.15, -0.1) is 0 Å². The normalized spacial score (nSPS) is 22.5. The fourth-order valence-corrected chi connectivity index (χ4v) is 3.43. The number of allylic oxidation sites excluding steroid dienone is 2. The van der Waals surface area contributed by atoms with E-state index in [1.807, 2.05) is 35.2 Å². The van der Waals surface area contributed by atoms with Crippen LogP contribution in [0.1, 0.15) is 35.2 Å². The molecule has 0 spiro atoms. The Kier molecular flexibility index (Phi) is 5.49. The molecule has 1 aromatic carbocycles. The molecule has 130 valence electrons. The predicted octanol–water partition coefficient (Wildman–Crippen LogP) is 3.61. The molecule has 25 heavy (non-hydrogen) atoms. The highest BCUT2D eigenvalue weighted by Crippen LogP contribution is 2.28. The van der Waals surface area contributed by atoms with Crippen molar-refractivity contribution in [1.29, 1.82) is 0 Å². The third kappa shape index (κ3) is 4.08. The number of esters is 1. The van der Waals surface area contributed by atoms with Gasteiger partial charge in [-0.1, -0.05) is 42.9 Å². The average Bonchev–Trinajstić information content (AvgIpc) is 2.88. The lowest BCUT2D eigenvalue weighted by Crippen LogP contribution is -2.42. The molecule has 1 fully saturated rings. The van der Waals surface area contributed by atoms with Crippen molar-refractivity contribution in [1.82, 2.24) is 4.90 Å². The largest absolute Gasteiger partial charge is 0.466 e. The van der Waals surface area contributed by atoms with Crippen molar-refractivity contribution < 1.29 is 14.3 Å². The van der Waals surface area contributed by atoms with Crippen LogP contribution in [-0.2, 0) is 9.53 Å². The molecule has 1 aliphatic heterocycles. The zero-order chi connectivity index (χ0) is 17.6. The summed E-state index contributed by atoms with van der Waals surface area (Å²) in [5, 5.41) is 0. The molecule has 1 heterocycles. The highest BCUT2D eigenvalue weighted by Gasteiger charge is 2.30. The summed E-state index contributed by atoms with van der Waals surface area (Å²) in [6.45, 7) is 0.794. The van der Waals surface area contributed by atoms with Gasteiger partial charge >= 0.3 is 5.97 Å². The summed E-state index contributed by atoms with van der Waals surface area (Å²) < 4.78 is 4.58. The number of carbonyl (C=O) groups excluding carboxylic acids is 2. The van der Waals surface area contributed by atoms with Crippen molar-refractivity contribution in [2.24, 2.45) is 5.92 Å². The molecule has 4 heteroatoms. The van der Waals surface area contributed by atoms with E-state index in [0.717, 1.165) is 31.4 Å². The molecule has 3 rings (SSSR count). The molecule has 1 saturated heterocycles. The minimum Gasteiger partial charge on any atom is -0.466 e. The lowest BCUT2D eigenvalue weighted by atomic mass is 9.90. The van der Waals surface area contributed by atoms with Crippen LogP contribution in [0.3, 0.4) is 0 Å². The molecular weight excluding hydrogens is 314 g/mol. The first-order chi connectivity index (χ1) is 12.2. The van der Waals surface area contributed by atoms with Crippen LogP contribution in [0.4, 0.5) is 0 Å². The number of likely N-dealkylation sites (tertiary alicyclic amines) is 1. The number of nitrogens with zero attached hydrogens (tertiary/aromatic N) is 1. The monoisotopic (exact) mass is 337 g/mol. The van der Waals surface area contributed by atoms with Crippen LogP contribution in [0.5, 0.6) is 0 Å². The molecular formula is C21H23NO3. The molecule has 1 aliphatic carbocycles. The van der Waals surface area contributed by atoms with Gasteiger partial charge in [0.2, 0.25) is 0 Å². The van der Waals surface area contributed by atoms with Crippen molar-refractivity contribution in [3.05, 3.63) is 65.8 Å². The molecule has 0 aromatic heterocycles. The maximum atomic E-state index is 13.0. The maximum Gasteiger partial charge on any atom is 0.330 e. The lowest BCUT2D eigenvalue weighted by Gasteiger charge is -2.33. The average molecular weight is 337 g/mol. The van der Waals surface area contributed by atoms with Gasteiger partial charge in [-0.2, -0.15) is 0 Å². The van der Waals surface area contributed by atoms with Gasteiger partial charge in [0.15, 0.2) is 0 Å². The van der Waals surface area contributed by atoms with Crippen LogP contribution < -0.4 is 0 Å². The SMILES string of the molecule is COC(=O)/C=C/c1ccc(C(=O)N2CCCCC3C=CC=CC32)cc1.